The average Bonchev–Trinajstić information content (AvgIpc) is 2.87. The van der Waals surface area contributed by atoms with Crippen LogP contribution in [0, 0.1) is 5.82 Å². The van der Waals surface area contributed by atoms with Crippen molar-refractivity contribution in [1.29, 1.82) is 0 Å². The minimum atomic E-state index is -0.483. The Morgan fingerprint density at radius 2 is 0.853 bits per heavy atom. The third-order valence-corrected chi connectivity index (χ3v) is 5.98. The van der Waals surface area contributed by atoms with Gasteiger partial charge in [0.05, 0.1) is 11.4 Å². The van der Waals surface area contributed by atoms with Gasteiger partial charge in [0.1, 0.15) is 40.7 Å². The first-order chi connectivity index (χ1) is 16.3. The van der Waals surface area contributed by atoms with Crippen LogP contribution in [0.4, 0.5) is 50.7 Å². The van der Waals surface area contributed by atoms with Gasteiger partial charge in [0.25, 0.3) is 0 Å². The fraction of sp³-hybridized carbons (Fsp3) is 0.160. The van der Waals surface area contributed by atoms with Crippen LogP contribution in [0.1, 0.15) is 0 Å². The maximum Gasteiger partial charge on any atom is 0.163 e. The van der Waals surface area contributed by atoms with Crippen LogP contribution >= 0.6 is 0 Å². The number of rotatable bonds is 0. The second-order valence-electron chi connectivity index (χ2n) is 8.09. The molecule has 4 aromatic rings. The van der Waals surface area contributed by atoms with Crippen molar-refractivity contribution in [1.82, 2.24) is 15.0 Å². The third kappa shape index (κ3) is 3.61. The molecule has 0 fully saturated rings. The first-order valence-corrected chi connectivity index (χ1v) is 10.7. The minimum Gasteiger partial charge on any atom is -0.504 e. The molecule has 4 heterocycles. The molecule has 0 atom stereocenters. The van der Waals surface area contributed by atoms with E-state index in [0.29, 0.717) is 34.9 Å². The Bertz CT molecular complexity index is 1280. The average molecular weight is 458 g/mol. The Hall–Kier alpha value is -4.40. The van der Waals surface area contributed by atoms with Crippen LogP contribution in [-0.4, -0.2) is 48.2 Å². The van der Waals surface area contributed by atoms with Crippen LogP contribution in [0.15, 0.2) is 66.7 Å². The number of aromatic hydroxyl groups is 1. The molecule has 8 bridgehead atoms. The van der Waals surface area contributed by atoms with Crippen LogP contribution in [0.2, 0.25) is 0 Å². The zero-order valence-corrected chi connectivity index (χ0v) is 19.3. The van der Waals surface area contributed by atoms with E-state index in [0.717, 1.165) is 0 Å². The predicted molar refractivity (Wildman–Crippen MR) is 133 cm³/mol. The molecule has 3 aromatic heterocycles. The molecule has 0 unspecified atom stereocenters. The molecule has 0 spiro atoms. The SMILES string of the molecule is CN1c2cccc(n2)N(C)c2cccc(n2)N(C)c2cc(F)cc(c2O)N(C)c2cccc1n2. The minimum absolute atomic E-state index is 0.0773. The summed E-state index contributed by atoms with van der Waals surface area (Å²) in [6.45, 7) is 0. The van der Waals surface area contributed by atoms with Crippen molar-refractivity contribution < 1.29 is 9.50 Å². The summed E-state index contributed by atoms with van der Waals surface area (Å²) in [5.74, 6) is 3.23. The van der Waals surface area contributed by atoms with Crippen molar-refractivity contribution in [2.75, 3.05) is 47.8 Å². The van der Waals surface area contributed by atoms with E-state index in [1.807, 2.05) is 66.4 Å². The van der Waals surface area contributed by atoms with Gasteiger partial charge in [0, 0.05) is 40.3 Å². The summed E-state index contributed by atoms with van der Waals surface area (Å²) < 4.78 is 14.7. The molecule has 34 heavy (non-hydrogen) atoms. The number of nitrogens with zero attached hydrogens (tertiary/aromatic N) is 7. The fourth-order valence-corrected chi connectivity index (χ4v) is 3.92. The van der Waals surface area contributed by atoms with Crippen molar-refractivity contribution in [3.63, 3.8) is 0 Å². The van der Waals surface area contributed by atoms with Gasteiger partial charge in [-0.05, 0) is 36.4 Å². The van der Waals surface area contributed by atoms with E-state index in [4.69, 9.17) is 15.0 Å². The number of aromatic nitrogens is 3. The molecule has 1 aliphatic heterocycles. The zero-order valence-electron chi connectivity index (χ0n) is 19.3. The molecule has 0 amide bonds. The summed E-state index contributed by atoms with van der Waals surface area (Å²) in [7, 11) is 7.24. The molecule has 0 aliphatic carbocycles. The zero-order chi connectivity index (χ0) is 24.0. The highest BCUT2D eigenvalue weighted by atomic mass is 19.1. The standard InChI is InChI=1S/C25H24FN7O/c1-30-17-14-16(26)15-18(25(17)34)31(2)20-9-6-11-22(28-20)33(4)24-13-7-12-23(29-24)32(3)21-10-5-8-19(30)27-21/h5-15,34H,1-4H3. The second-order valence-corrected chi connectivity index (χ2v) is 8.09. The van der Waals surface area contributed by atoms with E-state index in [1.165, 1.54) is 12.1 Å². The molecule has 5 rings (SSSR count). The predicted octanol–water partition coefficient (Wildman–Crippen LogP) is 5.10. The lowest BCUT2D eigenvalue weighted by Gasteiger charge is -2.27. The van der Waals surface area contributed by atoms with Gasteiger partial charge in [-0.1, -0.05) is 18.2 Å². The Labute approximate surface area is 197 Å². The summed E-state index contributed by atoms with van der Waals surface area (Å²) in [4.78, 5) is 21.3. The van der Waals surface area contributed by atoms with Gasteiger partial charge in [-0.2, -0.15) is 0 Å². The van der Waals surface area contributed by atoms with Crippen molar-refractivity contribution in [3.8, 4) is 5.75 Å². The molecule has 0 radical (unpaired) electrons. The first-order valence-electron chi connectivity index (χ1n) is 10.7. The normalized spacial score (nSPS) is 13.3. The number of phenolic OH excluding ortho intramolecular Hbond substituents is 1. The molecular formula is C25H24FN7O. The van der Waals surface area contributed by atoms with Crippen molar-refractivity contribution in [2.24, 2.45) is 0 Å². The molecular weight excluding hydrogens is 433 g/mol. The van der Waals surface area contributed by atoms with Gasteiger partial charge in [-0.25, -0.2) is 19.3 Å². The van der Waals surface area contributed by atoms with Gasteiger partial charge in [-0.15, -0.1) is 0 Å². The molecule has 8 nitrogen and oxygen atoms in total. The highest BCUT2D eigenvalue weighted by Gasteiger charge is 2.21. The molecule has 172 valence electrons. The molecule has 1 N–H and O–H groups in total. The number of phenols is 1. The monoisotopic (exact) mass is 457 g/mol. The highest BCUT2D eigenvalue weighted by Crippen LogP contribution is 2.42. The van der Waals surface area contributed by atoms with Crippen LogP contribution in [0.25, 0.3) is 0 Å². The highest BCUT2D eigenvalue weighted by molar-refractivity contribution is 5.79. The van der Waals surface area contributed by atoms with E-state index in [9.17, 15) is 9.50 Å². The van der Waals surface area contributed by atoms with Gasteiger partial charge in [0.2, 0.25) is 0 Å². The van der Waals surface area contributed by atoms with Gasteiger partial charge in [0.15, 0.2) is 5.75 Å². The maximum absolute atomic E-state index is 14.7. The number of hydrogen-bond donors (Lipinski definition) is 1. The third-order valence-electron chi connectivity index (χ3n) is 5.98. The van der Waals surface area contributed by atoms with Gasteiger partial charge < -0.3 is 24.7 Å². The maximum atomic E-state index is 14.7. The quantitative estimate of drug-likeness (QED) is 0.391. The lowest BCUT2D eigenvalue weighted by Crippen LogP contribution is -2.20. The van der Waals surface area contributed by atoms with Gasteiger partial charge >= 0.3 is 0 Å². The van der Waals surface area contributed by atoms with Crippen LogP contribution in [0.3, 0.4) is 0 Å². The van der Waals surface area contributed by atoms with Crippen LogP contribution in [0.5, 0.6) is 5.75 Å². The number of halogens is 1. The smallest absolute Gasteiger partial charge is 0.163 e. The lowest BCUT2D eigenvalue weighted by molar-refractivity contribution is 0.474. The Morgan fingerprint density at radius 3 is 1.18 bits per heavy atom. The van der Waals surface area contributed by atoms with Crippen LogP contribution in [-0.2, 0) is 0 Å². The van der Waals surface area contributed by atoms with E-state index >= 15 is 0 Å². The number of pyridine rings is 3. The Morgan fingerprint density at radius 1 is 0.559 bits per heavy atom. The summed E-state index contributed by atoms with van der Waals surface area (Å²) in [5, 5.41) is 11.2. The van der Waals surface area contributed by atoms with Crippen LogP contribution < -0.4 is 19.6 Å². The van der Waals surface area contributed by atoms with E-state index in [2.05, 4.69) is 0 Å². The van der Waals surface area contributed by atoms with Gasteiger partial charge in [-0.3, -0.25) is 0 Å². The van der Waals surface area contributed by atoms with E-state index < -0.39 is 5.82 Å². The number of hydrogen-bond acceptors (Lipinski definition) is 8. The second kappa shape index (κ2) is 8.18. The molecule has 0 saturated carbocycles. The topological polar surface area (TPSA) is 71.9 Å². The molecule has 0 saturated heterocycles. The summed E-state index contributed by atoms with van der Waals surface area (Å²) in [5.41, 5.74) is 0.573. The lowest BCUT2D eigenvalue weighted by atomic mass is 10.2. The van der Waals surface area contributed by atoms with E-state index in [1.54, 1.807) is 36.0 Å². The van der Waals surface area contributed by atoms with Crippen molar-refractivity contribution >= 4 is 46.3 Å². The van der Waals surface area contributed by atoms with Crippen molar-refractivity contribution in [3.05, 3.63) is 72.5 Å². The molecule has 1 aliphatic rings. The Kier molecular flexibility index (Phi) is 5.16. The Balaban J connectivity index is 1.77. The largest absolute Gasteiger partial charge is 0.504 e. The molecule has 1 aromatic carbocycles. The van der Waals surface area contributed by atoms with E-state index in [-0.39, 0.29) is 17.1 Å². The first kappa shape index (κ1) is 21.4. The van der Waals surface area contributed by atoms with Crippen molar-refractivity contribution in [2.45, 2.75) is 0 Å². The number of anilines is 8. The number of fused-ring (bicyclic) bond motifs is 8. The molecule has 9 heteroatoms. The fourth-order valence-electron chi connectivity index (χ4n) is 3.92. The summed E-state index contributed by atoms with van der Waals surface area (Å²) in [6.07, 6.45) is 0. The number of benzene rings is 1. The summed E-state index contributed by atoms with van der Waals surface area (Å²) >= 11 is 0. The summed E-state index contributed by atoms with van der Waals surface area (Å²) in [6, 6.07) is 19.4.